The Morgan fingerprint density at radius 3 is 3.08 bits per heavy atom. The van der Waals surface area contributed by atoms with E-state index in [2.05, 4.69) is 30.8 Å². The van der Waals surface area contributed by atoms with Crippen molar-refractivity contribution in [2.45, 2.75) is 19.4 Å². The Morgan fingerprint density at radius 2 is 2.33 bits per heavy atom. The van der Waals surface area contributed by atoms with Gasteiger partial charge in [0.1, 0.15) is 6.33 Å². The fraction of sp³-hybridized carbons (Fsp3) is 0.571. The molecule has 0 saturated carbocycles. The zero-order valence-corrected chi connectivity index (χ0v) is 13.5. The van der Waals surface area contributed by atoms with E-state index in [1.165, 1.54) is 15.7 Å². The highest BCUT2D eigenvalue weighted by Gasteiger charge is 2.23. The first-order valence-electron chi connectivity index (χ1n) is 7.87. The molecule has 3 rings (SSSR count). The Balaban J connectivity index is 1.43. The van der Waals surface area contributed by atoms with Gasteiger partial charge in [-0.2, -0.15) is 5.10 Å². The van der Waals surface area contributed by atoms with Crippen LogP contribution in [0.4, 0.5) is 5.69 Å². The normalized spacial score (nSPS) is 17.2. The maximum Gasteiger partial charge on any atom is 0.268 e. The second kappa shape index (κ2) is 7.20. The minimum absolute atomic E-state index is 0.0146. The summed E-state index contributed by atoms with van der Waals surface area (Å²) in [6.45, 7) is 2.76. The third-order valence-electron chi connectivity index (χ3n) is 4.15. The molecule has 0 unspecified atom stereocenters. The molecule has 1 N–H and O–H groups in total. The third kappa shape index (κ3) is 3.94. The lowest BCUT2D eigenvalue weighted by Gasteiger charge is -2.18. The van der Waals surface area contributed by atoms with E-state index in [0.29, 0.717) is 25.4 Å². The number of nitrogens with one attached hydrogen (secondary N) is 1. The minimum Gasteiger partial charge on any atom is -0.370 e. The van der Waals surface area contributed by atoms with Crippen LogP contribution in [0.15, 0.2) is 23.4 Å². The van der Waals surface area contributed by atoms with Gasteiger partial charge in [0.2, 0.25) is 5.91 Å². The van der Waals surface area contributed by atoms with E-state index in [0.717, 1.165) is 25.2 Å². The summed E-state index contributed by atoms with van der Waals surface area (Å²) in [7, 11) is 1.63. The predicted octanol–water partition coefficient (Wildman–Crippen LogP) is -1.20. The van der Waals surface area contributed by atoms with Crippen LogP contribution in [0, 0.1) is 5.92 Å². The highest BCUT2D eigenvalue weighted by atomic mass is 16.1. The molecule has 1 saturated heterocycles. The molecule has 1 aliphatic heterocycles. The van der Waals surface area contributed by atoms with E-state index in [9.17, 15) is 9.59 Å². The van der Waals surface area contributed by atoms with Crippen molar-refractivity contribution in [2.75, 3.05) is 24.5 Å². The van der Waals surface area contributed by atoms with Crippen molar-refractivity contribution >= 4 is 11.6 Å². The fourth-order valence-corrected chi connectivity index (χ4v) is 2.71. The Hall–Kier alpha value is -2.78. The van der Waals surface area contributed by atoms with Crippen molar-refractivity contribution in [3.63, 3.8) is 0 Å². The quantitative estimate of drug-likeness (QED) is 0.707. The van der Waals surface area contributed by atoms with Gasteiger partial charge in [0.05, 0.1) is 18.4 Å². The van der Waals surface area contributed by atoms with E-state index in [4.69, 9.17) is 0 Å². The molecule has 0 aromatic carbocycles. The first-order chi connectivity index (χ1) is 11.6. The number of aromatic nitrogens is 6. The number of carbonyl (C=O) groups is 1. The van der Waals surface area contributed by atoms with Gasteiger partial charge in [0.25, 0.3) is 5.56 Å². The zero-order valence-electron chi connectivity index (χ0n) is 13.5. The molecular formula is C14H20N8O2. The van der Waals surface area contributed by atoms with Crippen LogP contribution in [0.2, 0.25) is 0 Å². The van der Waals surface area contributed by atoms with Gasteiger partial charge in [-0.05, 0) is 22.8 Å². The summed E-state index contributed by atoms with van der Waals surface area (Å²) in [5.74, 6) is 0.352. The number of hydrogen-bond donors (Lipinski definition) is 1. The van der Waals surface area contributed by atoms with E-state index in [1.807, 2.05) is 0 Å². The number of tetrazole rings is 1. The number of aryl methyl sites for hydroxylation is 2. The van der Waals surface area contributed by atoms with Crippen LogP contribution in [-0.4, -0.2) is 55.5 Å². The van der Waals surface area contributed by atoms with Crippen molar-refractivity contribution < 1.29 is 4.79 Å². The zero-order chi connectivity index (χ0) is 16.9. The van der Waals surface area contributed by atoms with Gasteiger partial charge in [-0.3, -0.25) is 9.59 Å². The summed E-state index contributed by atoms with van der Waals surface area (Å²) in [6.07, 6.45) is 4.51. The van der Waals surface area contributed by atoms with Gasteiger partial charge in [0, 0.05) is 39.2 Å². The highest BCUT2D eigenvalue weighted by molar-refractivity contribution is 5.75. The van der Waals surface area contributed by atoms with Crippen molar-refractivity contribution in [1.82, 2.24) is 35.3 Å². The molecule has 1 amide bonds. The molecule has 128 valence electrons. The van der Waals surface area contributed by atoms with Crippen LogP contribution in [0.1, 0.15) is 12.8 Å². The number of anilines is 1. The summed E-state index contributed by atoms with van der Waals surface area (Å²) in [4.78, 5) is 25.7. The molecule has 1 atom stereocenters. The second-order valence-corrected chi connectivity index (χ2v) is 5.90. The number of rotatable bonds is 6. The molecule has 24 heavy (non-hydrogen) atoms. The lowest BCUT2D eigenvalue weighted by molar-refractivity contribution is -0.121. The Labute approximate surface area is 138 Å². The van der Waals surface area contributed by atoms with Crippen LogP contribution in [-0.2, 0) is 18.4 Å². The molecule has 0 spiro atoms. The molecule has 1 aliphatic rings. The monoisotopic (exact) mass is 332 g/mol. The number of hydrogen-bond acceptors (Lipinski definition) is 7. The molecule has 2 aromatic rings. The van der Waals surface area contributed by atoms with Gasteiger partial charge in [-0.1, -0.05) is 0 Å². The van der Waals surface area contributed by atoms with E-state index >= 15 is 0 Å². The number of nitrogens with zero attached hydrogens (tertiary/aromatic N) is 7. The molecule has 2 aromatic heterocycles. The van der Waals surface area contributed by atoms with E-state index < -0.39 is 0 Å². The van der Waals surface area contributed by atoms with Crippen molar-refractivity contribution in [3.05, 3.63) is 28.9 Å². The topological polar surface area (TPSA) is 111 Å². The van der Waals surface area contributed by atoms with Crippen LogP contribution < -0.4 is 15.8 Å². The fourth-order valence-electron chi connectivity index (χ4n) is 2.71. The van der Waals surface area contributed by atoms with E-state index in [-0.39, 0.29) is 11.5 Å². The van der Waals surface area contributed by atoms with Crippen LogP contribution in [0.25, 0.3) is 0 Å². The van der Waals surface area contributed by atoms with Crippen molar-refractivity contribution in [3.8, 4) is 0 Å². The summed E-state index contributed by atoms with van der Waals surface area (Å²) in [5, 5.41) is 17.8. The molecule has 0 aliphatic carbocycles. The smallest absolute Gasteiger partial charge is 0.268 e. The molecule has 3 heterocycles. The predicted molar refractivity (Wildman–Crippen MR) is 85.2 cm³/mol. The maximum atomic E-state index is 11.9. The third-order valence-corrected chi connectivity index (χ3v) is 4.15. The lowest BCUT2D eigenvalue weighted by Crippen LogP contribution is -2.32. The SMILES string of the molecule is Cn1ncc(N2CC[C@H](CNC(=O)CCn3cnnn3)C2)cc1=O. The summed E-state index contributed by atoms with van der Waals surface area (Å²) < 4.78 is 2.84. The summed E-state index contributed by atoms with van der Waals surface area (Å²) >= 11 is 0. The lowest BCUT2D eigenvalue weighted by atomic mass is 10.1. The largest absolute Gasteiger partial charge is 0.370 e. The molecule has 0 radical (unpaired) electrons. The highest BCUT2D eigenvalue weighted by Crippen LogP contribution is 2.21. The average Bonchev–Trinajstić information content (AvgIpc) is 3.25. The first kappa shape index (κ1) is 16.1. The standard InChI is InChI=1S/C14H20N8O2/c1-20-14(24)6-12(8-17-20)21-4-2-11(9-21)7-15-13(23)3-5-22-10-16-18-19-22/h6,8,10-11H,2-5,7,9H2,1H3,(H,15,23)/t11-/m1/s1. The average molecular weight is 332 g/mol. The van der Waals surface area contributed by atoms with Crippen LogP contribution in [0.3, 0.4) is 0 Å². The van der Waals surface area contributed by atoms with Crippen LogP contribution >= 0.6 is 0 Å². The maximum absolute atomic E-state index is 11.9. The van der Waals surface area contributed by atoms with Crippen LogP contribution in [0.5, 0.6) is 0 Å². The van der Waals surface area contributed by atoms with Crippen molar-refractivity contribution in [1.29, 1.82) is 0 Å². The second-order valence-electron chi connectivity index (χ2n) is 5.90. The van der Waals surface area contributed by atoms with Crippen molar-refractivity contribution in [2.24, 2.45) is 13.0 Å². The van der Waals surface area contributed by atoms with Gasteiger partial charge >= 0.3 is 0 Å². The first-order valence-corrected chi connectivity index (χ1v) is 7.87. The number of carbonyl (C=O) groups excluding carboxylic acids is 1. The Morgan fingerprint density at radius 1 is 1.46 bits per heavy atom. The van der Waals surface area contributed by atoms with E-state index in [1.54, 1.807) is 19.3 Å². The molecule has 10 heteroatoms. The van der Waals surface area contributed by atoms with Gasteiger partial charge in [0.15, 0.2) is 0 Å². The Bertz CT molecular complexity index is 741. The summed E-state index contributed by atoms with van der Waals surface area (Å²) in [5.41, 5.74) is 0.720. The summed E-state index contributed by atoms with van der Waals surface area (Å²) in [6, 6.07) is 1.60. The Kier molecular flexibility index (Phi) is 4.82. The minimum atomic E-state index is -0.119. The van der Waals surface area contributed by atoms with Gasteiger partial charge in [-0.15, -0.1) is 5.10 Å². The molecular weight excluding hydrogens is 312 g/mol. The van der Waals surface area contributed by atoms with Gasteiger partial charge < -0.3 is 10.2 Å². The molecule has 0 bridgehead atoms. The number of amides is 1. The van der Waals surface area contributed by atoms with Gasteiger partial charge in [-0.25, -0.2) is 9.36 Å². The molecule has 10 nitrogen and oxygen atoms in total. The molecule has 1 fully saturated rings.